The first-order chi connectivity index (χ1) is 13.1. The van der Waals surface area contributed by atoms with Crippen molar-refractivity contribution < 1.29 is 13.9 Å². The Balaban J connectivity index is 1.49. The Hall–Kier alpha value is -2.41. The molecule has 1 aromatic carbocycles. The Bertz CT molecular complexity index is 920. The highest BCUT2D eigenvalue weighted by Gasteiger charge is 2.46. The highest BCUT2D eigenvalue weighted by Crippen LogP contribution is 2.41. The number of aromatic nitrogens is 2. The van der Waals surface area contributed by atoms with Gasteiger partial charge in [0.15, 0.2) is 0 Å². The average Bonchev–Trinajstić information content (AvgIpc) is 3.14. The number of anilines is 1. The van der Waals surface area contributed by atoms with Crippen molar-refractivity contribution in [1.29, 1.82) is 0 Å². The lowest BCUT2D eigenvalue weighted by molar-refractivity contribution is 0.108. The monoisotopic (exact) mass is 370 g/mol. The van der Waals surface area contributed by atoms with Crippen LogP contribution in [0, 0.1) is 0 Å². The van der Waals surface area contributed by atoms with Crippen LogP contribution in [0.4, 0.5) is 10.2 Å². The molecule has 2 saturated heterocycles. The molecule has 7 heteroatoms. The predicted molar refractivity (Wildman–Crippen MR) is 101 cm³/mol. The van der Waals surface area contributed by atoms with E-state index in [0.717, 1.165) is 31.3 Å². The second kappa shape index (κ2) is 6.05. The van der Waals surface area contributed by atoms with Crippen LogP contribution in [0.25, 0.3) is 10.9 Å². The molecule has 2 fully saturated rings. The van der Waals surface area contributed by atoms with Gasteiger partial charge in [-0.1, -0.05) is 18.2 Å². The summed E-state index contributed by atoms with van der Waals surface area (Å²) < 4.78 is 26.1. The number of hydrogen-bond acceptors (Lipinski definition) is 6. The maximum Gasteiger partial charge on any atom is 0.319 e. The highest BCUT2D eigenvalue weighted by atomic mass is 19.1. The first kappa shape index (κ1) is 16.7. The molecule has 0 spiro atoms. The average molecular weight is 370 g/mol. The van der Waals surface area contributed by atoms with Crippen LogP contribution in [0.5, 0.6) is 11.8 Å². The van der Waals surface area contributed by atoms with E-state index in [4.69, 9.17) is 9.47 Å². The van der Waals surface area contributed by atoms with Gasteiger partial charge in [0.25, 0.3) is 0 Å². The fourth-order valence-corrected chi connectivity index (χ4v) is 4.60. The van der Waals surface area contributed by atoms with E-state index in [1.807, 2.05) is 18.2 Å². The molecule has 1 aromatic heterocycles. The maximum absolute atomic E-state index is 14.4. The van der Waals surface area contributed by atoms with E-state index in [2.05, 4.69) is 21.4 Å². The van der Waals surface area contributed by atoms with Gasteiger partial charge in [-0.3, -0.25) is 4.90 Å². The Morgan fingerprint density at radius 2 is 2.30 bits per heavy atom. The fourth-order valence-electron chi connectivity index (χ4n) is 4.60. The van der Waals surface area contributed by atoms with Crippen molar-refractivity contribution in [2.24, 2.45) is 0 Å². The smallest absolute Gasteiger partial charge is 0.319 e. The van der Waals surface area contributed by atoms with Crippen molar-refractivity contribution >= 4 is 16.7 Å². The van der Waals surface area contributed by atoms with Crippen molar-refractivity contribution in [3.05, 3.63) is 30.4 Å². The SMILES string of the molecule is C=C1CN2CCCC2(COc2nc3c4c(cccc4n2)OCC(F)N3C)C1. The molecule has 0 amide bonds. The summed E-state index contributed by atoms with van der Waals surface area (Å²) in [4.78, 5) is 13.1. The zero-order chi connectivity index (χ0) is 18.6. The minimum atomic E-state index is -1.27. The lowest BCUT2D eigenvalue weighted by Crippen LogP contribution is -2.43. The first-order valence-electron chi connectivity index (χ1n) is 9.41. The van der Waals surface area contributed by atoms with Gasteiger partial charge in [-0.05, 0) is 37.9 Å². The van der Waals surface area contributed by atoms with E-state index in [9.17, 15) is 4.39 Å². The second-order valence-electron chi connectivity index (χ2n) is 7.80. The van der Waals surface area contributed by atoms with Crippen LogP contribution in [-0.2, 0) is 0 Å². The van der Waals surface area contributed by atoms with Crippen LogP contribution >= 0.6 is 0 Å². The van der Waals surface area contributed by atoms with Crippen molar-refractivity contribution in [2.75, 3.05) is 38.3 Å². The Morgan fingerprint density at radius 1 is 1.41 bits per heavy atom. The van der Waals surface area contributed by atoms with Crippen LogP contribution in [0.1, 0.15) is 19.3 Å². The summed E-state index contributed by atoms with van der Waals surface area (Å²) in [5.74, 6) is 1.11. The summed E-state index contributed by atoms with van der Waals surface area (Å²) in [6.45, 7) is 6.67. The molecule has 3 aliphatic heterocycles. The molecular formula is C20H23FN4O2. The van der Waals surface area contributed by atoms with Gasteiger partial charge in [-0.2, -0.15) is 9.97 Å². The third-order valence-electron chi connectivity index (χ3n) is 5.98. The number of halogens is 1. The minimum absolute atomic E-state index is 0.00298. The van der Waals surface area contributed by atoms with Gasteiger partial charge in [0.2, 0.25) is 6.30 Å². The van der Waals surface area contributed by atoms with Crippen LogP contribution in [0.15, 0.2) is 30.4 Å². The largest absolute Gasteiger partial charge is 0.488 e. The molecule has 0 saturated carbocycles. The lowest BCUT2D eigenvalue weighted by atomic mass is 9.94. The Labute approximate surface area is 157 Å². The zero-order valence-electron chi connectivity index (χ0n) is 15.4. The molecule has 2 unspecified atom stereocenters. The van der Waals surface area contributed by atoms with Crippen LogP contribution < -0.4 is 14.4 Å². The van der Waals surface area contributed by atoms with Gasteiger partial charge >= 0.3 is 6.01 Å². The van der Waals surface area contributed by atoms with Gasteiger partial charge in [0.1, 0.15) is 24.8 Å². The zero-order valence-corrected chi connectivity index (χ0v) is 15.4. The molecule has 3 aliphatic rings. The number of rotatable bonds is 3. The maximum atomic E-state index is 14.4. The Kier molecular flexibility index (Phi) is 3.75. The van der Waals surface area contributed by atoms with Gasteiger partial charge in [0.05, 0.1) is 16.4 Å². The highest BCUT2D eigenvalue weighted by molar-refractivity contribution is 5.95. The predicted octanol–water partition coefficient (Wildman–Crippen LogP) is 2.93. The number of fused-ring (bicyclic) bond motifs is 1. The fraction of sp³-hybridized carbons (Fsp3) is 0.500. The van der Waals surface area contributed by atoms with E-state index in [1.54, 1.807) is 7.05 Å². The van der Waals surface area contributed by atoms with Gasteiger partial charge < -0.3 is 14.4 Å². The van der Waals surface area contributed by atoms with Crippen LogP contribution in [0.3, 0.4) is 0 Å². The van der Waals surface area contributed by atoms with Crippen molar-refractivity contribution in [1.82, 2.24) is 14.9 Å². The molecule has 6 nitrogen and oxygen atoms in total. The quantitative estimate of drug-likeness (QED) is 0.612. The van der Waals surface area contributed by atoms with E-state index >= 15 is 0 Å². The van der Waals surface area contributed by atoms with Crippen LogP contribution in [-0.4, -0.2) is 60.1 Å². The number of likely N-dealkylation sites (N-methyl/N-ethyl adjacent to an activating group) is 1. The molecule has 0 aliphatic carbocycles. The summed E-state index contributed by atoms with van der Waals surface area (Å²) in [5.41, 5.74) is 1.96. The molecule has 27 heavy (non-hydrogen) atoms. The molecule has 4 heterocycles. The molecule has 2 atom stereocenters. The molecule has 5 rings (SSSR count). The second-order valence-corrected chi connectivity index (χ2v) is 7.80. The van der Waals surface area contributed by atoms with E-state index < -0.39 is 6.30 Å². The van der Waals surface area contributed by atoms with E-state index in [0.29, 0.717) is 23.7 Å². The number of nitrogens with zero attached hydrogens (tertiary/aromatic N) is 4. The third kappa shape index (κ3) is 2.64. The van der Waals surface area contributed by atoms with Crippen molar-refractivity contribution in [3.8, 4) is 11.8 Å². The summed E-state index contributed by atoms with van der Waals surface area (Å²) in [6.07, 6.45) is 1.95. The Morgan fingerprint density at radius 3 is 3.19 bits per heavy atom. The van der Waals surface area contributed by atoms with E-state index in [-0.39, 0.29) is 18.2 Å². The summed E-state index contributed by atoms with van der Waals surface area (Å²) in [6, 6.07) is 5.84. The van der Waals surface area contributed by atoms with E-state index in [1.165, 1.54) is 16.9 Å². The van der Waals surface area contributed by atoms with Crippen LogP contribution in [0.2, 0.25) is 0 Å². The number of benzene rings is 1. The third-order valence-corrected chi connectivity index (χ3v) is 5.98. The molecule has 142 valence electrons. The molecular weight excluding hydrogens is 347 g/mol. The van der Waals surface area contributed by atoms with Crippen molar-refractivity contribution in [3.63, 3.8) is 0 Å². The van der Waals surface area contributed by atoms with Gasteiger partial charge in [-0.15, -0.1) is 0 Å². The molecule has 0 bridgehead atoms. The standard InChI is InChI=1S/C20H23FN4O2/c1-13-9-20(7-4-8-25(20)10-13)12-27-19-22-14-5-3-6-15-17(14)18(23-19)24(2)16(21)11-26-15/h3,5-6,16H,1,4,7-12H2,2H3. The normalized spacial score (nSPS) is 27.6. The first-order valence-corrected chi connectivity index (χ1v) is 9.41. The topological polar surface area (TPSA) is 50.7 Å². The molecule has 0 radical (unpaired) electrons. The lowest BCUT2D eigenvalue weighted by Gasteiger charge is -2.31. The summed E-state index contributed by atoms with van der Waals surface area (Å²) in [5, 5.41) is 0.724. The number of alkyl halides is 1. The van der Waals surface area contributed by atoms with Gasteiger partial charge in [0, 0.05) is 13.6 Å². The number of ether oxygens (including phenoxy) is 2. The number of hydrogen-bond donors (Lipinski definition) is 0. The molecule has 2 aromatic rings. The molecule has 0 N–H and O–H groups in total. The van der Waals surface area contributed by atoms with Crippen molar-refractivity contribution in [2.45, 2.75) is 31.1 Å². The summed E-state index contributed by atoms with van der Waals surface area (Å²) >= 11 is 0. The van der Waals surface area contributed by atoms with Gasteiger partial charge in [-0.25, -0.2) is 4.39 Å². The summed E-state index contributed by atoms with van der Waals surface area (Å²) in [7, 11) is 1.68. The minimum Gasteiger partial charge on any atom is -0.488 e.